The third-order valence-corrected chi connectivity index (χ3v) is 4.91. The summed E-state index contributed by atoms with van der Waals surface area (Å²) in [7, 11) is 0. The summed E-state index contributed by atoms with van der Waals surface area (Å²) in [4.78, 5) is 42.6. The van der Waals surface area contributed by atoms with Crippen LogP contribution in [0.4, 0.5) is 10.5 Å². The summed E-state index contributed by atoms with van der Waals surface area (Å²) < 4.78 is 18.7. The molecule has 3 N–H and O–H groups in total. The average Bonchev–Trinajstić information content (AvgIpc) is 3.24. The van der Waals surface area contributed by atoms with Crippen molar-refractivity contribution in [3.63, 3.8) is 0 Å². The minimum atomic E-state index is -1.25. The van der Waals surface area contributed by atoms with E-state index in [-0.39, 0.29) is 13.0 Å². The molecule has 0 radical (unpaired) electrons. The van der Waals surface area contributed by atoms with Crippen molar-refractivity contribution >= 4 is 39.6 Å². The van der Waals surface area contributed by atoms with Crippen molar-refractivity contribution in [2.45, 2.75) is 32.1 Å². The zero-order chi connectivity index (χ0) is 24.5. The second-order valence-electron chi connectivity index (χ2n) is 6.93. The fourth-order valence-electron chi connectivity index (χ4n) is 2.91. The Morgan fingerprint density at radius 2 is 1.88 bits per heavy atom. The summed E-state index contributed by atoms with van der Waals surface area (Å²) in [6.07, 6.45) is 0.379. The summed E-state index contributed by atoms with van der Waals surface area (Å²) in [5.41, 5.74) is 3.89. The second-order valence-corrected chi connectivity index (χ2v) is 7.78. The number of hydrogen-bond acceptors (Lipinski definition) is 7. The molecule has 174 valence electrons. The largest absolute Gasteiger partial charge is 0.462 e. The molecule has 0 fully saturated rings. The predicted molar refractivity (Wildman–Crippen MR) is 124 cm³/mol. The van der Waals surface area contributed by atoms with Crippen LogP contribution in [0.25, 0.3) is 0 Å². The molecule has 0 bridgehead atoms. The van der Waals surface area contributed by atoms with Gasteiger partial charge in [-0.05, 0) is 58.8 Å². The van der Waals surface area contributed by atoms with Crippen LogP contribution in [-0.4, -0.2) is 36.7 Å². The number of alkyl carbamates (subject to hydrolysis) is 1. The van der Waals surface area contributed by atoms with Gasteiger partial charge in [0.2, 0.25) is 5.91 Å². The minimum absolute atomic E-state index is 0.0952. The van der Waals surface area contributed by atoms with Gasteiger partial charge >= 0.3 is 12.1 Å². The summed E-state index contributed by atoms with van der Waals surface area (Å²) in [6, 6.07) is 13.7. The van der Waals surface area contributed by atoms with Crippen LogP contribution >= 0.6 is 15.9 Å². The van der Waals surface area contributed by atoms with Gasteiger partial charge in [-0.2, -0.15) is 0 Å². The third-order valence-electron chi connectivity index (χ3n) is 4.48. The SMILES string of the molecule is [2H]C(OC(=O)N[C@@H](CC1C=C(Br)NO1)C(=O)Nc1ccc(C(=O)OCC)cc1)c1ccccc1. The maximum atomic E-state index is 13.0. The van der Waals surface area contributed by atoms with Crippen molar-refractivity contribution in [2.75, 3.05) is 11.9 Å². The van der Waals surface area contributed by atoms with Crippen LogP contribution in [0.3, 0.4) is 0 Å². The lowest BCUT2D eigenvalue weighted by Gasteiger charge is -2.20. The zero-order valence-electron chi connectivity index (χ0n) is 18.7. The van der Waals surface area contributed by atoms with Gasteiger partial charge in [-0.1, -0.05) is 30.3 Å². The number of rotatable bonds is 9. The first-order valence-electron chi connectivity index (χ1n) is 10.7. The summed E-state index contributed by atoms with van der Waals surface area (Å²) in [5.74, 6) is -0.989. The topological polar surface area (TPSA) is 115 Å². The van der Waals surface area contributed by atoms with Crippen molar-refractivity contribution in [3.8, 4) is 0 Å². The van der Waals surface area contributed by atoms with Crippen molar-refractivity contribution in [3.05, 3.63) is 76.4 Å². The molecule has 9 nitrogen and oxygen atoms in total. The first-order chi connectivity index (χ1) is 16.4. The average molecular weight is 519 g/mol. The molecule has 0 aliphatic carbocycles. The second kappa shape index (κ2) is 12.0. The summed E-state index contributed by atoms with van der Waals surface area (Å²) >= 11 is 3.25. The van der Waals surface area contributed by atoms with Crippen LogP contribution < -0.4 is 16.1 Å². The zero-order valence-corrected chi connectivity index (χ0v) is 19.3. The van der Waals surface area contributed by atoms with Gasteiger partial charge in [0.25, 0.3) is 0 Å². The number of hydrogen-bond donors (Lipinski definition) is 3. The number of ether oxygens (including phenoxy) is 2. The molecule has 2 amide bonds. The molecule has 0 spiro atoms. The Hall–Kier alpha value is -3.37. The molecule has 1 aliphatic heterocycles. The number of hydroxylamine groups is 1. The summed E-state index contributed by atoms with van der Waals surface area (Å²) in [5, 5.41) is 5.21. The van der Waals surface area contributed by atoms with Crippen molar-refractivity contribution in [1.82, 2.24) is 10.8 Å². The first-order valence-corrected chi connectivity index (χ1v) is 11.0. The number of nitrogens with one attached hydrogen (secondary N) is 3. The van der Waals surface area contributed by atoms with E-state index in [4.69, 9.17) is 15.7 Å². The number of carbonyl (C=O) groups excluding carboxylic acids is 3. The van der Waals surface area contributed by atoms with Crippen LogP contribution in [0.1, 0.15) is 30.6 Å². The Morgan fingerprint density at radius 1 is 1.15 bits per heavy atom. The van der Waals surface area contributed by atoms with Gasteiger partial charge in [0.15, 0.2) is 0 Å². The van der Waals surface area contributed by atoms with Crippen LogP contribution in [0, 0.1) is 0 Å². The molecule has 3 atom stereocenters. The number of esters is 1. The highest BCUT2D eigenvalue weighted by molar-refractivity contribution is 9.11. The van der Waals surface area contributed by atoms with Gasteiger partial charge in [-0.25, -0.2) is 9.59 Å². The van der Waals surface area contributed by atoms with Crippen LogP contribution in [-0.2, 0) is 25.7 Å². The predicted octanol–water partition coefficient (Wildman–Crippen LogP) is 3.63. The minimum Gasteiger partial charge on any atom is -0.462 e. The standard InChI is InChI=1S/C23H24BrN3O6/c1-2-31-22(29)16-8-10-17(11-9-16)25-21(28)19(12-18-13-20(24)27-33-18)26-23(30)32-14-15-6-4-3-5-7-15/h3-11,13,18-19,27H,2,12,14H2,1H3,(H,25,28)(H,26,30)/t18?,19-/m0/s1/i14D/t14?,18?,19-. The van der Waals surface area contributed by atoms with Gasteiger partial charge in [-0.15, -0.1) is 0 Å². The molecule has 1 aliphatic rings. The quantitative estimate of drug-likeness (QED) is 0.343. The molecule has 3 rings (SSSR count). The molecule has 0 saturated carbocycles. The molecule has 2 unspecified atom stereocenters. The number of halogens is 1. The van der Waals surface area contributed by atoms with E-state index in [9.17, 15) is 14.4 Å². The number of benzene rings is 2. The molecule has 2 aromatic carbocycles. The van der Waals surface area contributed by atoms with Gasteiger partial charge in [0.05, 0.1) is 13.5 Å². The normalized spacial score (nSPS) is 17.0. The van der Waals surface area contributed by atoms with E-state index in [1.165, 1.54) is 12.1 Å². The molecule has 2 aromatic rings. The van der Waals surface area contributed by atoms with Crippen LogP contribution in [0.15, 0.2) is 65.3 Å². The van der Waals surface area contributed by atoms with Gasteiger partial charge < -0.3 is 20.1 Å². The van der Waals surface area contributed by atoms with Crippen LogP contribution in [0.2, 0.25) is 0 Å². The Balaban J connectivity index is 1.66. The Bertz CT molecular complexity index is 1030. The van der Waals surface area contributed by atoms with Crippen molar-refractivity contribution in [1.29, 1.82) is 0 Å². The Morgan fingerprint density at radius 3 is 2.52 bits per heavy atom. The van der Waals surface area contributed by atoms with Gasteiger partial charge in [0, 0.05) is 12.1 Å². The maximum absolute atomic E-state index is 13.0. The molecule has 0 saturated heterocycles. The fraction of sp³-hybridized carbons (Fsp3) is 0.261. The molecule has 0 aromatic heterocycles. The monoisotopic (exact) mass is 518 g/mol. The lowest BCUT2D eigenvalue weighted by atomic mass is 10.1. The third kappa shape index (κ3) is 7.62. The first kappa shape index (κ1) is 22.8. The smallest absolute Gasteiger partial charge is 0.408 e. The Kier molecular flexibility index (Phi) is 8.31. The van der Waals surface area contributed by atoms with Gasteiger partial charge in [-0.3, -0.25) is 15.1 Å². The molecule has 10 heteroatoms. The highest BCUT2D eigenvalue weighted by atomic mass is 79.9. The lowest BCUT2D eigenvalue weighted by molar-refractivity contribution is -0.119. The van der Waals surface area contributed by atoms with Crippen molar-refractivity contribution in [2.24, 2.45) is 0 Å². The highest BCUT2D eigenvalue weighted by Gasteiger charge is 2.28. The molecular weight excluding hydrogens is 494 g/mol. The van der Waals surface area contributed by atoms with Gasteiger partial charge in [0.1, 0.15) is 23.3 Å². The maximum Gasteiger partial charge on any atom is 0.408 e. The van der Waals surface area contributed by atoms with E-state index < -0.39 is 36.7 Å². The Labute approximate surface area is 201 Å². The van der Waals surface area contributed by atoms with E-state index in [0.29, 0.717) is 21.4 Å². The number of anilines is 1. The van der Waals surface area contributed by atoms with E-state index in [2.05, 4.69) is 32.0 Å². The van der Waals surface area contributed by atoms with E-state index in [0.717, 1.165) is 0 Å². The lowest BCUT2D eigenvalue weighted by Crippen LogP contribution is -2.46. The highest BCUT2D eigenvalue weighted by Crippen LogP contribution is 2.18. The van der Waals surface area contributed by atoms with E-state index in [1.54, 1.807) is 55.5 Å². The van der Waals surface area contributed by atoms with Crippen LogP contribution in [0.5, 0.6) is 0 Å². The molecule has 33 heavy (non-hydrogen) atoms. The fourth-order valence-corrected chi connectivity index (χ4v) is 3.29. The number of amides is 2. The number of carbonyl (C=O) groups is 3. The van der Waals surface area contributed by atoms with E-state index in [1.807, 2.05) is 0 Å². The van der Waals surface area contributed by atoms with E-state index >= 15 is 0 Å². The van der Waals surface area contributed by atoms with Crippen molar-refractivity contribution < 1.29 is 30.1 Å². The summed E-state index contributed by atoms with van der Waals surface area (Å²) in [6.45, 7) is 0.719. The molecular formula is C23H24BrN3O6. The molecule has 1 heterocycles.